The Kier molecular flexibility index (Phi) is 3.14. The van der Waals surface area contributed by atoms with E-state index in [9.17, 15) is 9.18 Å². The average Bonchev–Trinajstić information content (AvgIpc) is 2.60. The molecule has 2 heterocycles. The number of carbonyl (C=O) groups excluding carboxylic acids is 1. The van der Waals surface area contributed by atoms with Gasteiger partial charge in [0.2, 0.25) is 0 Å². The van der Waals surface area contributed by atoms with E-state index in [1.54, 1.807) is 0 Å². The maximum absolute atomic E-state index is 13.4. The van der Waals surface area contributed by atoms with Gasteiger partial charge in [0, 0.05) is 19.2 Å². The van der Waals surface area contributed by atoms with Crippen molar-refractivity contribution in [2.24, 2.45) is 11.7 Å². The number of amides is 1. The number of primary amides is 1. The van der Waals surface area contributed by atoms with Crippen molar-refractivity contribution >= 4 is 22.2 Å². The number of halogens is 1. The van der Waals surface area contributed by atoms with E-state index in [1.165, 1.54) is 12.5 Å². The van der Waals surface area contributed by atoms with Crippen LogP contribution >= 0.6 is 11.3 Å². The molecule has 1 fully saturated rings. The molecular formula is C11H15FN2OS. The maximum atomic E-state index is 13.4. The van der Waals surface area contributed by atoms with Crippen LogP contribution in [-0.4, -0.2) is 19.0 Å². The number of nitrogens with two attached hydrogens (primary N) is 1. The second kappa shape index (κ2) is 4.41. The lowest BCUT2D eigenvalue weighted by Gasteiger charge is -2.31. The molecule has 1 aliphatic rings. The maximum Gasteiger partial charge on any atom is 0.261 e. The van der Waals surface area contributed by atoms with Gasteiger partial charge < -0.3 is 10.6 Å². The van der Waals surface area contributed by atoms with Gasteiger partial charge in [0.15, 0.2) is 0 Å². The molecule has 1 atom stereocenters. The molecule has 1 aliphatic heterocycles. The highest BCUT2D eigenvalue weighted by atomic mass is 32.1. The zero-order valence-corrected chi connectivity index (χ0v) is 10.0. The third-order valence-corrected chi connectivity index (χ3v) is 4.05. The number of anilines is 1. The van der Waals surface area contributed by atoms with Crippen LogP contribution in [0.4, 0.5) is 9.39 Å². The summed E-state index contributed by atoms with van der Waals surface area (Å²) in [6.07, 6.45) is 2.33. The van der Waals surface area contributed by atoms with Gasteiger partial charge in [-0.15, -0.1) is 11.3 Å². The molecule has 5 heteroatoms. The molecule has 0 bridgehead atoms. The van der Waals surface area contributed by atoms with Crippen LogP contribution in [0, 0.1) is 11.7 Å². The quantitative estimate of drug-likeness (QED) is 0.864. The molecule has 0 spiro atoms. The summed E-state index contributed by atoms with van der Waals surface area (Å²) in [6.45, 7) is 4.05. The number of piperidine rings is 1. The van der Waals surface area contributed by atoms with Crippen molar-refractivity contribution in [3.63, 3.8) is 0 Å². The minimum atomic E-state index is -0.682. The molecule has 2 rings (SSSR count). The minimum absolute atomic E-state index is 0.0354. The summed E-state index contributed by atoms with van der Waals surface area (Å²) in [4.78, 5) is 13.1. The van der Waals surface area contributed by atoms with Crippen molar-refractivity contribution < 1.29 is 9.18 Å². The van der Waals surface area contributed by atoms with Crippen molar-refractivity contribution in [3.05, 3.63) is 16.8 Å². The van der Waals surface area contributed by atoms with Gasteiger partial charge in [0.05, 0.1) is 5.00 Å². The second-order valence-corrected chi connectivity index (χ2v) is 5.35. The third kappa shape index (κ3) is 2.19. The molecule has 0 saturated carbocycles. The first-order valence-corrected chi connectivity index (χ1v) is 6.23. The molecular weight excluding hydrogens is 227 g/mol. The molecule has 3 nitrogen and oxygen atoms in total. The summed E-state index contributed by atoms with van der Waals surface area (Å²) in [5, 5.41) is 0.817. The molecule has 1 unspecified atom stereocenters. The van der Waals surface area contributed by atoms with Crippen LogP contribution in [0.15, 0.2) is 6.07 Å². The predicted octanol–water partition coefficient (Wildman–Crippen LogP) is 2.22. The fraction of sp³-hybridized carbons (Fsp3) is 0.545. The lowest BCUT2D eigenvalue weighted by atomic mass is 10.0. The van der Waals surface area contributed by atoms with E-state index < -0.39 is 11.7 Å². The van der Waals surface area contributed by atoms with Gasteiger partial charge in [0.1, 0.15) is 10.7 Å². The van der Waals surface area contributed by atoms with Crippen molar-refractivity contribution in [1.82, 2.24) is 0 Å². The first kappa shape index (κ1) is 11.4. The Labute approximate surface area is 98.0 Å². The summed E-state index contributed by atoms with van der Waals surface area (Å²) in [5.74, 6) is -0.555. The van der Waals surface area contributed by atoms with E-state index in [0.717, 1.165) is 35.8 Å². The Bertz CT molecular complexity index is 405. The predicted molar refractivity (Wildman–Crippen MR) is 63.4 cm³/mol. The Morgan fingerprint density at radius 1 is 1.69 bits per heavy atom. The summed E-state index contributed by atoms with van der Waals surface area (Å²) >= 11 is 1.15. The molecule has 1 aromatic heterocycles. The SMILES string of the molecule is CC1CCCN(c2cc(F)c(C(N)=O)s2)C1. The van der Waals surface area contributed by atoms with E-state index in [0.29, 0.717) is 5.92 Å². The first-order valence-electron chi connectivity index (χ1n) is 5.42. The van der Waals surface area contributed by atoms with Crippen LogP contribution in [0.2, 0.25) is 0 Å². The molecule has 1 saturated heterocycles. The highest BCUT2D eigenvalue weighted by Gasteiger charge is 2.21. The average molecular weight is 242 g/mol. The van der Waals surface area contributed by atoms with Gasteiger partial charge in [-0.1, -0.05) is 6.92 Å². The van der Waals surface area contributed by atoms with E-state index >= 15 is 0 Å². The zero-order valence-electron chi connectivity index (χ0n) is 9.20. The van der Waals surface area contributed by atoms with Crippen LogP contribution in [0.5, 0.6) is 0 Å². The minimum Gasteiger partial charge on any atom is -0.365 e. The standard InChI is InChI=1S/C11H15FN2OS/c1-7-3-2-4-14(6-7)9-5-8(12)10(16-9)11(13)15/h5,7H,2-4,6H2,1H3,(H2,13,15). The summed E-state index contributed by atoms with van der Waals surface area (Å²) < 4.78 is 13.4. The van der Waals surface area contributed by atoms with E-state index in [4.69, 9.17) is 5.73 Å². The molecule has 1 amide bonds. The summed E-state index contributed by atoms with van der Waals surface area (Å²) in [7, 11) is 0. The highest BCUT2D eigenvalue weighted by molar-refractivity contribution is 7.18. The van der Waals surface area contributed by atoms with Crippen LogP contribution in [0.25, 0.3) is 0 Å². The number of carbonyl (C=O) groups is 1. The number of thiophene rings is 1. The smallest absolute Gasteiger partial charge is 0.261 e. The van der Waals surface area contributed by atoms with Crippen molar-refractivity contribution in [2.45, 2.75) is 19.8 Å². The normalized spacial score (nSPS) is 21.1. The topological polar surface area (TPSA) is 46.3 Å². The largest absolute Gasteiger partial charge is 0.365 e. The number of hydrogen-bond donors (Lipinski definition) is 1. The summed E-state index contributed by atoms with van der Waals surface area (Å²) in [5.41, 5.74) is 5.10. The number of hydrogen-bond acceptors (Lipinski definition) is 3. The Hall–Kier alpha value is -1.10. The van der Waals surface area contributed by atoms with Crippen molar-refractivity contribution in [2.75, 3.05) is 18.0 Å². The van der Waals surface area contributed by atoms with E-state index in [2.05, 4.69) is 11.8 Å². The van der Waals surface area contributed by atoms with Crippen LogP contribution < -0.4 is 10.6 Å². The van der Waals surface area contributed by atoms with Crippen molar-refractivity contribution in [3.8, 4) is 0 Å². The lowest BCUT2D eigenvalue weighted by Crippen LogP contribution is -2.33. The fourth-order valence-corrected chi connectivity index (χ4v) is 2.99. The molecule has 2 N–H and O–H groups in total. The number of nitrogens with zero attached hydrogens (tertiary/aromatic N) is 1. The first-order chi connectivity index (χ1) is 7.58. The van der Waals surface area contributed by atoms with Gasteiger partial charge in [-0.2, -0.15) is 0 Å². The van der Waals surface area contributed by atoms with Crippen LogP contribution in [0.3, 0.4) is 0 Å². The number of rotatable bonds is 2. The zero-order chi connectivity index (χ0) is 11.7. The molecule has 0 aromatic carbocycles. The molecule has 16 heavy (non-hydrogen) atoms. The van der Waals surface area contributed by atoms with Gasteiger partial charge in [-0.3, -0.25) is 4.79 Å². The van der Waals surface area contributed by atoms with Gasteiger partial charge in [0.25, 0.3) is 5.91 Å². The Morgan fingerprint density at radius 2 is 2.44 bits per heavy atom. The monoisotopic (exact) mass is 242 g/mol. The van der Waals surface area contributed by atoms with Gasteiger partial charge in [-0.25, -0.2) is 4.39 Å². The molecule has 0 aliphatic carbocycles. The Morgan fingerprint density at radius 3 is 3.00 bits per heavy atom. The summed E-state index contributed by atoms with van der Waals surface area (Å²) in [6, 6.07) is 1.42. The second-order valence-electron chi connectivity index (χ2n) is 4.32. The van der Waals surface area contributed by atoms with Crippen LogP contribution in [0.1, 0.15) is 29.4 Å². The van der Waals surface area contributed by atoms with Crippen molar-refractivity contribution in [1.29, 1.82) is 0 Å². The van der Waals surface area contributed by atoms with Gasteiger partial charge >= 0.3 is 0 Å². The van der Waals surface area contributed by atoms with E-state index in [1.807, 2.05) is 0 Å². The third-order valence-electron chi connectivity index (χ3n) is 2.87. The lowest BCUT2D eigenvalue weighted by molar-refractivity contribution is 0.100. The Balaban J connectivity index is 2.20. The van der Waals surface area contributed by atoms with Crippen LogP contribution in [-0.2, 0) is 0 Å². The van der Waals surface area contributed by atoms with Gasteiger partial charge in [-0.05, 0) is 18.8 Å². The highest BCUT2D eigenvalue weighted by Crippen LogP contribution is 2.31. The molecule has 88 valence electrons. The fourth-order valence-electron chi connectivity index (χ4n) is 2.07. The van der Waals surface area contributed by atoms with E-state index in [-0.39, 0.29) is 4.88 Å². The molecule has 1 aromatic rings. The molecule has 0 radical (unpaired) electrons.